The number of hydrogen-bond donors (Lipinski definition) is 2. The third-order valence-electron chi connectivity index (χ3n) is 5.72. The highest BCUT2D eigenvalue weighted by atomic mass is 127. The van der Waals surface area contributed by atoms with E-state index in [0.717, 1.165) is 44.3 Å². The van der Waals surface area contributed by atoms with Crippen LogP contribution in [0.25, 0.3) is 0 Å². The number of halogens is 1. The van der Waals surface area contributed by atoms with Gasteiger partial charge in [0.25, 0.3) is 0 Å². The maximum Gasteiger partial charge on any atom is 0.188 e. The van der Waals surface area contributed by atoms with Gasteiger partial charge in [0.1, 0.15) is 5.75 Å². The average Bonchev–Trinajstić information content (AvgIpc) is 2.59. The Balaban J connectivity index is 0.00000243. The highest BCUT2D eigenvalue weighted by Crippen LogP contribution is 2.40. The minimum Gasteiger partial charge on any atom is -0.496 e. The van der Waals surface area contributed by atoms with E-state index in [2.05, 4.69) is 30.4 Å². The van der Waals surface area contributed by atoms with Gasteiger partial charge in [0.2, 0.25) is 0 Å². The van der Waals surface area contributed by atoms with E-state index in [-0.39, 0.29) is 29.4 Å². The van der Waals surface area contributed by atoms with Gasteiger partial charge in [-0.2, -0.15) is 0 Å². The second kappa shape index (κ2) is 9.78. The van der Waals surface area contributed by atoms with Gasteiger partial charge in [-0.05, 0) is 44.6 Å². The molecule has 0 aromatic heterocycles. The molecule has 0 amide bonds. The number of ether oxygens (including phenoxy) is 2. The summed E-state index contributed by atoms with van der Waals surface area (Å²) >= 11 is 0. The van der Waals surface area contributed by atoms with E-state index < -0.39 is 0 Å². The van der Waals surface area contributed by atoms with Crippen molar-refractivity contribution in [1.82, 2.24) is 5.32 Å². The molecule has 1 aromatic carbocycles. The van der Waals surface area contributed by atoms with Crippen LogP contribution < -0.4 is 15.8 Å². The molecule has 1 heterocycles. The Bertz CT molecular complexity index is 611. The molecule has 0 unspecified atom stereocenters. The van der Waals surface area contributed by atoms with Gasteiger partial charge >= 0.3 is 0 Å². The molecule has 1 saturated carbocycles. The summed E-state index contributed by atoms with van der Waals surface area (Å²) in [6.07, 6.45) is 5.84. The number of aryl methyl sites for hydroxylation is 1. The van der Waals surface area contributed by atoms with Crippen LogP contribution in [-0.2, 0) is 10.2 Å². The fourth-order valence-corrected chi connectivity index (χ4v) is 3.75. The fourth-order valence-electron chi connectivity index (χ4n) is 3.75. The molecular weight excluding hydrogens is 441 g/mol. The molecular formula is C20H32IN3O2. The second-order valence-electron chi connectivity index (χ2n) is 7.48. The maximum atomic E-state index is 6.13. The van der Waals surface area contributed by atoms with E-state index in [1.54, 1.807) is 7.11 Å². The van der Waals surface area contributed by atoms with Gasteiger partial charge in [0.05, 0.1) is 13.7 Å². The van der Waals surface area contributed by atoms with Gasteiger partial charge in [-0.15, -0.1) is 24.0 Å². The Morgan fingerprint density at radius 2 is 2.08 bits per heavy atom. The summed E-state index contributed by atoms with van der Waals surface area (Å²) in [5.74, 6) is 2.26. The Morgan fingerprint density at radius 3 is 2.69 bits per heavy atom. The van der Waals surface area contributed by atoms with Gasteiger partial charge in [-0.25, -0.2) is 0 Å². The minimum absolute atomic E-state index is 0. The van der Waals surface area contributed by atoms with Crippen molar-refractivity contribution in [2.24, 2.45) is 16.6 Å². The third-order valence-corrected chi connectivity index (χ3v) is 5.72. The number of nitrogens with one attached hydrogen (secondary N) is 1. The zero-order valence-electron chi connectivity index (χ0n) is 15.9. The smallest absolute Gasteiger partial charge is 0.188 e. The lowest BCUT2D eigenvalue weighted by molar-refractivity contribution is 0.0522. The molecule has 2 aliphatic rings. The van der Waals surface area contributed by atoms with E-state index in [4.69, 9.17) is 20.2 Å². The van der Waals surface area contributed by atoms with Crippen LogP contribution in [0.2, 0.25) is 0 Å². The summed E-state index contributed by atoms with van der Waals surface area (Å²) < 4.78 is 11.3. The molecule has 3 rings (SSSR count). The van der Waals surface area contributed by atoms with Gasteiger partial charge in [0, 0.05) is 30.7 Å². The molecule has 1 aromatic rings. The van der Waals surface area contributed by atoms with Crippen molar-refractivity contribution in [3.63, 3.8) is 0 Å². The van der Waals surface area contributed by atoms with Crippen molar-refractivity contribution < 1.29 is 9.47 Å². The standard InChI is InChI=1S/C20H31N3O2.HI/c1-15-6-7-18(24-2)17(12-15)20(8-10-25-11-9-20)14-23-19(21)22-13-16-4-3-5-16;/h6-7,12,16H,3-5,8-11,13-14H2,1-2H3,(H3,21,22,23);1H. The van der Waals surface area contributed by atoms with Crippen LogP contribution in [0, 0.1) is 12.8 Å². The Labute approximate surface area is 174 Å². The van der Waals surface area contributed by atoms with Gasteiger partial charge < -0.3 is 20.5 Å². The number of nitrogens with two attached hydrogens (primary N) is 1. The lowest BCUT2D eigenvalue weighted by Crippen LogP contribution is -2.41. The molecule has 1 aliphatic heterocycles. The third kappa shape index (κ3) is 5.03. The predicted molar refractivity (Wildman–Crippen MR) is 117 cm³/mol. The number of nitrogens with zero attached hydrogens (tertiary/aromatic N) is 1. The van der Waals surface area contributed by atoms with Crippen molar-refractivity contribution in [2.45, 2.75) is 44.4 Å². The van der Waals surface area contributed by atoms with Gasteiger partial charge in [-0.1, -0.05) is 24.1 Å². The zero-order valence-corrected chi connectivity index (χ0v) is 18.3. The number of aliphatic imine (C=N–C) groups is 1. The van der Waals surface area contributed by atoms with Crippen LogP contribution in [0.5, 0.6) is 5.75 Å². The van der Waals surface area contributed by atoms with E-state index in [1.165, 1.54) is 30.4 Å². The number of benzene rings is 1. The first kappa shape index (κ1) is 21.3. The fraction of sp³-hybridized carbons (Fsp3) is 0.650. The molecule has 26 heavy (non-hydrogen) atoms. The summed E-state index contributed by atoms with van der Waals surface area (Å²) in [4.78, 5) is 4.70. The summed E-state index contributed by atoms with van der Waals surface area (Å²) in [5, 5.41) is 3.30. The number of guanidine groups is 1. The van der Waals surface area contributed by atoms with Crippen LogP contribution in [0.15, 0.2) is 23.2 Å². The predicted octanol–water partition coefficient (Wildman–Crippen LogP) is 3.37. The van der Waals surface area contributed by atoms with Crippen molar-refractivity contribution in [3.8, 4) is 5.75 Å². The molecule has 0 bridgehead atoms. The van der Waals surface area contributed by atoms with Crippen LogP contribution in [-0.4, -0.2) is 39.4 Å². The van der Waals surface area contributed by atoms with Crippen LogP contribution >= 0.6 is 24.0 Å². The first-order valence-corrected chi connectivity index (χ1v) is 9.40. The minimum atomic E-state index is -0.0710. The molecule has 0 spiro atoms. The number of methoxy groups -OCH3 is 1. The molecule has 0 atom stereocenters. The summed E-state index contributed by atoms with van der Waals surface area (Å²) in [7, 11) is 1.74. The SMILES string of the molecule is COc1ccc(C)cc1C1(CN=C(N)NCC2CCC2)CCOCC1.I. The van der Waals surface area contributed by atoms with Gasteiger partial charge in [0.15, 0.2) is 5.96 Å². The Morgan fingerprint density at radius 1 is 1.35 bits per heavy atom. The first-order chi connectivity index (χ1) is 12.1. The first-order valence-electron chi connectivity index (χ1n) is 9.40. The molecule has 6 heteroatoms. The normalized spacial score (nSPS) is 20.0. The molecule has 3 N–H and O–H groups in total. The van der Waals surface area contributed by atoms with Crippen molar-refractivity contribution in [3.05, 3.63) is 29.3 Å². The van der Waals surface area contributed by atoms with E-state index >= 15 is 0 Å². The summed E-state index contributed by atoms with van der Waals surface area (Å²) in [6.45, 7) is 5.23. The maximum absolute atomic E-state index is 6.13. The summed E-state index contributed by atoms with van der Waals surface area (Å²) in [6, 6.07) is 6.38. The largest absolute Gasteiger partial charge is 0.496 e. The lowest BCUT2D eigenvalue weighted by Gasteiger charge is -2.37. The zero-order chi connectivity index (χ0) is 17.7. The Hall–Kier alpha value is -1.02. The monoisotopic (exact) mass is 473 g/mol. The highest BCUT2D eigenvalue weighted by molar-refractivity contribution is 14.0. The molecule has 1 aliphatic carbocycles. The molecule has 1 saturated heterocycles. The van der Waals surface area contributed by atoms with Crippen LogP contribution in [0.1, 0.15) is 43.2 Å². The second-order valence-corrected chi connectivity index (χ2v) is 7.48. The van der Waals surface area contributed by atoms with Gasteiger partial charge in [-0.3, -0.25) is 4.99 Å². The van der Waals surface area contributed by atoms with Crippen molar-refractivity contribution in [2.75, 3.05) is 33.4 Å². The topological polar surface area (TPSA) is 68.9 Å². The summed E-state index contributed by atoms with van der Waals surface area (Å²) in [5.41, 5.74) is 8.53. The highest BCUT2D eigenvalue weighted by Gasteiger charge is 2.37. The molecule has 2 fully saturated rings. The van der Waals surface area contributed by atoms with E-state index in [0.29, 0.717) is 12.5 Å². The van der Waals surface area contributed by atoms with E-state index in [1.807, 2.05) is 0 Å². The van der Waals surface area contributed by atoms with Crippen LogP contribution in [0.3, 0.4) is 0 Å². The quantitative estimate of drug-likeness (QED) is 0.378. The molecule has 5 nitrogen and oxygen atoms in total. The lowest BCUT2D eigenvalue weighted by atomic mass is 9.73. The van der Waals surface area contributed by atoms with Crippen molar-refractivity contribution in [1.29, 1.82) is 0 Å². The Kier molecular flexibility index (Phi) is 8.01. The van der Waals surface area contributed by atoms with Crippen molar-refractivity contribution >= 4 is 29.9 Å². The van der Waals surface area contributed by atoms with E-state index in [9.17, 15) is 0 Å². The number of rotatable bonds is 6. The number of hydrogen-bond acceptors (Lipinski definition) is 3. The average molecular weight is 473 g/mol. The van der Waals surface area contributed by atoms with Crippen LogP contribution in [0.4, 0.5) is 0 Å². The molecule has 0 radical (unpaired) electrons. The molecule has 146 valence electrons.